The second-order valence-corrected chi connectivity index (χ2v) is 4.33. The lowest BCUT2D eigenvalue weighted by Crippen LogP contribution is -2.27. The first-order valence-corrected chi connectivity index (χ1v) is 6.11. The summed E-state index contributed by atoms with van der Waals surface area (Å²) in [4.78, 5) is 0. The van der Waals surface area contributed by atoms with E-state index in [1.54, 1.807) is 0 Å². The van der Waals surface area contributed by atoms with Crippen LogP contribution in [0.5, 0.6) is 0 Å². The summed E-state index contributed by atoms with van der Waals surface area (Å²) in [6.45, 7) is 4.58. The van der Waals surface area contributed by atoms with Crippen molar-refractivity contribution in [2.45, 2.75) is 64.8 Å². The monoisotopic (exact) mass is 201 g/mol. The second-order valence-electron chi connectivity index (χ2n) is 4.33. The molecule has 0 fully saturated rings. The van der Waals surface area contributed by atoms with Crippen molar-refractivity contribution in [2.24, 2.45) is 11.7 Å². The third-order valence-corrected chi connectivity index (χ3v) is 2.80. The van der Waals surface area contributed by atoms with Crippen molar-refractivity contribution in [3.8, 4) is 0 Å². The highest BCUT2D eigenvalue weighted by molar-refractivity contribution is 4.68. The molecule has 0 aliphatic rings. The molecule has 2 heteroatoms. The van der Waals surface area contributed by atoms with Crippen LogP contribution in [0.2, 0.25) is 0 Å². The van der Waals surface area contributed by atoms with Gasteiger partial charge in [-0.3, -0.25) is 0 Å². The predicted octanol–water partition coefficient (Wildman–Crippen LogP) is 2.69. The van der Waals surface area contributed by atoms with Gasteiger partial charge in [0.05, 0.1) is 6.61 Å². The molecule has 0 spiro atoms. The van der Waals surface area contributed by atoms with Crippen LogP contribution >= 0.6 is 0 Å². The van der Waals surface area contributed by atoms with E-state index in [1.165, 1.54) is 38.5 Å². The predicted molar refractivity (Wildman–Crippen MR) is 62.2 cm³/mol. The quantitative estimate of drug-likeness (QED) is 0.602. The van der Waals surface area contributed by atoms with Gasteiger partial charge in [-0.15, -0.1) is 0 Å². The van der Waals surface area contributed by atoms with Crippen molar-refractivity contribution in [1.29, 1.82) is 0 Å². The summed E-state index contributed by atoms with van der Waals surface area (Å²) in [5.74, 6) is 0.733. The molecule has 0 heterocycles. The summed E-state index contributed by atoms with van der Waals surface area (Å²) in [5, 5.41) is 8.91. The Hall–Kier alpha value is -0.0800. The standard InChI is InChI=1S/C12H27NO/c1-3-5-7-11(8-6-4-2)9-12(13)10-14/h11-12,14H,3-10,13H2,1-2H3. The lowest BCUT2D eigenvalue weighted by molar-refractivity contribution is 0.236. The van der Waals surface area contributed by atoms with E-state index in [0.29, 0.717) is 0 Å². The van der Waals surface area contributed by atoms with Crippen LogP contribution < -0.4 is 5.73 Å². The van der Waals surface area contributed by atoms with E-state index >= 15 is 0 Å². The normalized spacial score (nSPS) is 13.5. The number of aliphatic hydroxyl groups is 1. The highest BCUT2D eigenvalue weighted by atomic mass is 16.3. The zero-order valence-electron chi connectivity index (χ0n) is 9.84. The third-order valence-electron chi connectivity index (χ3n) is 2.80. The number of rotatable bonds is 9. The minimum Gasteiger partial charge on any atom is -0.395 e. The Labute approximate surface area is 88.9 Å². The van der Waals surface area contributed by atoms with E-state index in [0.717, 1.165) is 12.3 Å². The summed E-state index contributed by atoms with van der Waals surface area (Å²) in [5.41, 5.74) is 5.77. The van der Waals surface area contributed by atoms with Crippen molar-refractivity contribution in [3.05, 3.63) is 0 Å². The van der Waals surface area contributed by atoms with Gasteiger partial charge in [-0.2, -0.15) is 0 Å². The first kappa shape index (κ1) is 13.9. The molecule has 3 N–H and O–H groups in total. The molecule has 0 radical (unpaired) electrons. The van der Waals surface area contributed by atoms with Gasteiger partial charge in [0.2, 0.25) is 0 Å². The number of nitrogens with two attached hydrogens (primary N) is 1. The minimum absolute atomic E-state index is 0.00582. The number of unbranched alkanes of at least 4 members (excludes halogenated alkanes) is 2. The SMILES string of the molecule is CCCCC(CCCC)CC(N)CO. The zero-order chi connectivity index (χ0) is 10.8. The Bertz CT molecular complexity index is 109. The van der Waals surface area contributed by atoms with Crippen molar-refractivity contribution >= 4 is 0 Å². The average molecular weight is 201 g/mol. The molecule has 2 nitrogen and oxygen atoms in total. The van der Waals surface area contributed by atoms with E-state index < -0.39 is 0 Å². The maximum atomic E-state index is 8.91. The molecule has 0 saturated carbocycles. The van der Waals surface area contributed by atoms with E-state index in [1.807, 2.05) is 0 Å². The summed E-state index contributed by atoms with van der Waals surface area (Å²) in [6.07, 6.45) is 8.68. The summed E-state index contributed by atoms with van der Waals surface area (Å²) in [6, 6.07) is -0.00582. The van der Waals surface area contributed by atoms with E-state index in [9.17, 15) is 0 Å². The van der Waals surface area contributed by atoms with Gasteiger partial charge in [-0.25, -0.2) is 0 Å². The zero-order valence-corrected chi connectivity index (χ0v) is 9.84. The van der Waals surface area contributed by atoms with Crippen molar-refractivity contribution in [1.82, 2.24) is 0 Å². The van der Waals surface area contributed by atoms with Gasteiger partial charge >= 0.3 is 0 Å². The van der Waals surface area contributed by atoms with E-state index in [-0.39, 0.29) is 12.6 Å². The molecule has 0 aliphatic heterocycles. The molecular weight excluding hydrogens is 174 g/mol. The summed E-state index contributed by atoms with van der Waals surface area (Å²) < 4.78 is 0. The molecule has 0 amide bonds. The Balaban J connectivity index is 3.71. The average Bonchev–Trinajstić information content (AvgIpc) is 2.21. The number of hydrogen-bond acceptors (Lipinski definition) is 2. The van der Waals surface area contributed by atoms with Crippen molar-refractivity contribution in [2.75, 3.05) is 6.61 Å². The maximum absolute atomic E-state index is 8.91. The molecule has 0 aromatic heterocycles. The maximum Gasteiger partial charge on any atom is 0.0582 e. The van der Waals surface area contributed by atoms with Crippen LogP contribution in [0.15, 0.2) is 0 Å². The smallest absolute Gasteiger partial charge is 0.0582 e. The molecule has 0 rings (SSSR count). The highest BCUT2D eigenvalue weighted by Crippen LogP contribution is 2.20. The first-order valence-electron chi connectivity index (χ1n) is 6.11. The van der Waals surface area contributed by atoms with Gasteiger partial charge in [-0.05, 0) is 12.3 Å². The Morgan fingerprint density at radius 2 is 1.57 bits per heavy atom. The van der Waals surface area contributed by atoms with Crippen molar-refractivity contribution in [3.63, 3.8) is 0 Å². The van der Waals surface area contributed by atoms with Gasteiger partial charge in [0, 0.05) is 6.04 Å². The fourth-order valence-electron chi connectivity index (χ4n) is 1.87. The second kappa shape index (κ2) is 9.47. The number of aliphatic hydroxyl groups excluding tert-OH is 1. The van der Waals surface area contributed by atoms with Crippen molar-refractivity contribution < 1.29 is 5.11 Å². The fourth-order valence-corrected chi connectivity index (χ4v) is 1.87. The highest BCUT2D eigenvalue weighted by Gasteiger charge is 2.11. The van der Waals surface area contributed by atoms with Gasteiger partial charge in [0.1, 0.15) is 0 Å². The molecule has 86 valence electrons. The first-order chi connectivity index (χ1) is 6.74. The Morgan fingerprint density at radius 3 is 1.93 bits per heavy atom. The van der Waals surface area contributed by atoms with Crippen LogP contribution in [-0.4, -0.2) is 17.8 Å². The minimum atomic E-state index is -0.00582. The van der Waals surface area contributed by atoms with Crippen LogP contribution in [0, 0.1) is 5.92 Å². The van der Waals surface area contributed by atoms with Crippen LogP contribution in [-0.2, 0) is 0 Å². The molecule has 0 aliphatic carbocycles. The molecule has 1 atom stereocenters. The lowest BCUT2D eigenvalue weighted by atomic mass is 9.90. The summed E-state index contributed by atoms with van der Waals surface area (Å²) in [7, 11) is 0. The molecule has 1 unspecified atom stereocenters. The van der Waals surface area contributed by atoms with Crippen LogP contribution in [0.1, 0.15) is 58.8 Å². The summed E-state index contributed by atoms with van der Waals surface area (Å²) >= 11 is 0. The van der Waals surface area contributed by atoms with Gasteiger partial charge in [0.25, 0.3) is 0 Å². The molecule has 14 heavy (non-hydrogen) atoms. The Morgan fingerprint density at radius 1 is 1.07 bits per heavy atom. The van der Waals surface area contributed by atoms with Crippen LogP contribution in [0.3, 0.4) is 0 Å². The third kappa shape index (κ3) is 7.34. The van der Waals surface area contributed by atoms with Gasteiger partial charge in [-0.1, -0.05) is 52.4 Å². The molecular formula is C12H27NO. The number of hydrogen-bond donors (Lipinski definition) is 2. The van der Waals surface area contributed by atoms with E-state index in [4.69, 9.17) is 10.8 Å². The molecule has 0 aromatic rings. The fraction of sp³-hybridized carbons (Fsp3) is 1.00. The molecule has 0 saturated heterocycles. The van der Waals surface area contributed by atoms with Crippen LogP contribution in [0.25, 0.3) is 0 Å². The van der Waals surface area contributed by atoms with Crippen LogP contribution in [0.4, 0.5) is 0 Å². The van der Waals surface area contributed by atoms with Gasteiger partial charge < -0.3 is 10.8 Å². The molecule has 0 bridgehead atoms. The largest absolute Gasteiger partial charge is 0.395 e. The van der Waals surface area contributed by atoms with Gasteiger partial charge in [0.15, 0.2) is 0 Å². The van der Waals surface area contributed by atoms with E-state index in [2.05, 4.69) is 13.8 Å². The Kier molecular flexibility index (Phi) is 9.42. The lowest BCUT2D eigenvalue weighted by Gasteiger charge is -2.19. The molecule has 0 aromatic carbocycles. The topological polar surface area (TPSA) is 46.2 Å².